The fourth-order valence-corrected chi connectivity index (χ4v) is 2.36. The van der Waals surface area contributed by atoms with Gasteiger partial charge in [-0.2, -0.15) is 0 Å². The molecule has 3 nitrogen and oxygen atoms in total. The zero-order chi connectivity index (χ0) is 13.4. The average Bonchev–Trinajstić information content (AvgIpc) is 2.84. The first-order valence-corrected chi connectivity index (χ1v) is 6.33. The Labute approximate surface area is 109 Å². The summed E-state index contributed by atoms with van der Waals surface area (Å²) < 4.78 is 17.1. The highest BCUT2D eigenvalue weighted by Gasteiger charge is 2.45. The monoisotopic (exact) mass is 250 g/mol. The van der Waals surface area contributed by atoms with Crippen molar-refractivity contribution >= 4 is 0 Å². The Bertz CT molecular complexity index is 402. The maximum Gasteiger partial charge on any atom is 0.160 e. The summed E-state index contributed by atoms with van der Waals surface area (Å²) in [6.45, 7) is 12.2. The van der Waals surface area contributed by atoms with E-state index < -0.39 is 0 Å². The molecule has 1 unspecified atom stereocenters. The Hall–Kier alpha value is -1.06. The lowest BCUT2D eigenvalue weighted by Gasteiger charge is -2.24. The Morgan fingerprint density at radius 3 is 2.72 bits per heavy atom. The van der Waals surface area contributed by atoms with Gasteiger partial charge in [0.15, 0.2) is 6.29 Å². The minimum atomic E-state index is -0.210. The van der Waals surface area contributed by atoms with Gasteiger partial charge in [0.2, 0.25) is 0 Å². The molecule has 1 aromatic rings. The molecule has 0 radical (unpaired) electrons. The fourth-order valence-electron chi connectivity index (χ4n) is 2.36. The van der Waals surface area contributed by atoms with Crippen molar-refractivity contribution in [3.8, 4) is 0 Å². The zero-order valence-electron chi connectivity index (χ0n) is 11.6. The van der Waals surface area contributed by atoms with Gasteiger partial charge < -0.3 is 13.9 Å². The van der Waals surface area contributed by atoms with Crippen molar-refractivity contribution in [2.24, 2.45) is 5.41 Å². The normalized spacial score (nSPS) is 32.7. The first-order valence-electron chi connectivity index (χ1n) is 6.33. The number of hydrogen-bond acceptors (Lipinski definition) is 3. The van der Waals surface area contributed by atoms with Crippen LogP contribution in [0.1, 0.15) is 45.8 Å². The highest BCUT2D eigenvalue weighted by molar-refractivity contribution is 5.18. The van der Waals surface area contributed by atoms with E-state index in [9.17, 15) is 0 Å². The van der Waals surface area contributed by atoms with Gasteiger partial charge in [-0.1, -0.05) is 13.0 Å². The van der Waals surface area contributed by atoms with Crippen LogP contribution >= 0.6 is 0 Å². The molecule has 100 valence electrons. The largest absolute Gasteiger partial charge is 0.472 e. The van der Waals surface area contributed by atoms with Crippen molar-refractivity contribution in [2.45, 2.75) is 52.1 Å². The Balaban J connectivity index is 2.18. The quantitative estimate of drug-likeness (QED) is 0.758. The Kier molecular flexibility index (Phi) is 3.39. The lowest BCUT2D eigenvalue weighted by molar-refractivity contribution is -0.188. The van der Waals surface area contributed by atoms with Crippen LogP contribution in [-0.4, -0.2) is 11.9 Å². The molecule has 0 spiro atoms. The van der Waals surface area contributed by atoms with Gasteiger partial charge in [-0.15, -0.1) is 6.58 Å². The number of rotatable bonds is 3. The van der Waals surface area contributed by atoms with Crippen LogP contribution in [-0.2, 0) is 9.47 Å². The molecule has 1 aliphatic rings. The van der Waals surface area contributed by atoms with Crippen molar-refractivity contribution in [1.82, 2.24) is 0 Å². The van der Waals surface area contributed by atoms with Gasteiger partial charge in [0, 0.05) is 17.4 Å². The van der Waals surface area contributed by atoms with Crippen LogP contribution in [0.4, 0.5) is 0 Å². The van der Waals surface area contributed by atoms with Crippen molar-refractivity contribution in [1.29, 1.82) is 0 Å². The molecule has 0 saturated carbocycles. The third-order valence-electron chi connectivity index (χ3n) is 3.29. The van der Waals surface area contributed by atoms with Crippen LogP contribution in [0, 0.1) is 5.41 Å². The Morgan fingerprint density at radius 2 is 2.22 bits per heavy atom. The highest BCUT2D eigenvalue weighted by atomic mass is 16.7. The number of ether oxygens (including phenoxy) is 2. The third-order valence-corrected chi connectivity index (χ3v) is 3.29. The molecule has 2 rings (SSSR count). The van der Waals surface area contributed by atoms with Crippen LogP contribution in [0.25, 0.3) is 0 Å². The van der Waals surface area contributed by atoms with Gasteiger partial charge in [-0.25, -0.2) is 0 Å². The molecular formula is C15H22O3. The summed E-state index contributed by atoms with van der Waals surface area (Å²) in [5.74, 6) is 0. The molecule has 1 aromatic heterocycles. The van der Waals surface area contributed by atoms with Crippen LogP contribution in [0.5, 0.6) is 0 Å². The maximum absolute atomic E-state index is 6.03. The second kappa shape index (κ2) is 4.56. The maximum atomic E-state index is 6.03. The van der Waals surface area contributed by atoms with E-state index in [4.69, 9.17) is 13.9 Å². The van der Waals surface area contributed by atoms with Crippen LogP contribution in [0.15, 0.2) is 35.7 Å². The van der Waals surface area contributed by atoms with Crippen molar-refractivity contribution in [3.63, 3.8) is 0 Å². The van der Waals surface area contributed by atoms with Crippen molar-refractivity contribution in [3.05, 3.63) is 36.8 Å². The molecule has 0 amide bonds. The van der Waals surface area contributed by atoms with Gasteiger partial charge in [-0.05, 0) is 26.8 Å². The first-order chi connectivity index (χ1) is 8.34. The predicted molar refractivity (Wildman–Crippen MR) is 70.1 cm³/mol. The summed E-state index contributed by atoms with van der Waals surface area (Å²) >= 11 is 0. The zero-order valence-corrected chi connectivity index (χ0v) is 11.6. The summed E-state index contributed by atoms with van der Waals surface area (Å²) in [4.78, 5) is 0. The molecule has 2 heterocycles. The van der Waals surface area contributed by atoms with E-state index in [1.54, 1.807) is 12.5 Å². The molecule has 1 saturated heterocycles. The second-order valence-corrected chi connectivity index (χ2v) is 6.15. The summed E-state index contributed by atoms with van der Waals surface area (Å²) in [5.41, 5.74) is 0.704. The molecule has 3 atom stereocenters. The fraction of sp³-hybridized carbons (Fsp3) is 0.600. The molecule has 0 aromatic carbocycles. The molecule has 3 heteroatoms. The van der Waals surface area contributed by atoms with E-state index >= 15 is 0 Å². The standard InChI is InChI=1S/C15H22O3/c1-6-15(5)9-12(18-14(2,3)4)17-13(15)11-7-8-16-10-11/h6-8,10,12-13H,1,9H2,2-5H3/t12?,13-,15+/m0/s1. The van der Waals surface area contributed by atoms with Crippen LogP contribution < -0.4 is 0 Å². The first kappa shape index (κ1) is 13.4. The summed E-state index contributed by atoms with van der Waals surface area (Å²) in [5, 5.41) is 0. The van der Waals surface area contributed by atoms with Gasteiger partial charge >= 0.3 is 0 Å². The molecule has 0 bridgehead atoms. The molecule has 1 aliphatic heterocycles. The van der Waals surface area contributed by atoms with Crippen molar-refractivity contribution in [2.75, 3.05) is 0 Å². The minimum absolute atomic E-state index is 0.0545. The molecule has 0 N–H and O–H groups in total. The number of hydrogen-bond donors (Lipinski definition) is 0. The van der Waals surface area contributed by atoms with E-state index in [1.807, 2.05) is 32.9 Å². The second-order valence-electron chi connectivity index (χ2n) is 6.15. The minimum Gasteiger partial charge on any atom is -0.472 e. The summed E-state index contributed by atoms with van der Waals surface area (Å²) in [6, 6.07) is 1.94. The van der Waals surface area contributed by atoms with E-state index in [2.05, 4.69) is 13.5 Å². The van der Waals surface area contributed by atoms with E-state index in [-0.39, 0.29) is 23.4 Å². The molecule has 18 heavy (non-hydrogen) atoms. The van der Waals surface area contributed by atoms with Gasteiger partial charge in [0.05, 0.1) is 24.2 Å². The van der Waals surface area contributed by atoms with Crippen LogP contribution in [0.2, 0.25) is 0 Å². The van der Waals surface area contributed by atoms with Crippen molar-refractivity contribution < 1.29 is 13.9 Å². The summed E-state index contributed by atoms with van der Waals surface area (Å²) in [6.07, 6.45) is 5.90. The lowest BCUT2D eigenvalue weighted by Crippen LogP contribution is -2.27. The average molecular weight is 250 g/mol. The third kappa shape index (κ3) is 2.68. The summed E-state index contributed by atoms with van der Waals surface area (Å²) in [7, 11) is 0. The topological polar surface area (TPSA) is 31.6 Å². The SMILES string of the molecule is C=C[C@]1(C)CC(OC(C)(C)C)O[C@H]1c1ccoc1. The molecule has 0 aliphatic carbocycles. The van der Waals surface area contributed by atoms with Gasteiger partial charge in [0.25, 0.3) is 0 Å². The number of furan rings is 1. The van der Waals surface area contributed by atoms with E-state index in [0.29, 0.717) is 0 Å². The Morgan fingerprint density at radius 1 is 1.50 bits per heavy atom. The predicted octanol–water partition coefficient (Wildman–Crippen LogP) is 4.07. The van der Waals surface area contributed by atoms with Crippen LogP contribution in [0.3, 0.4) is 0 Å². The highest BCUT2D eigenvalue weighted by Crippen LogP contribution is 2.49. The van der Waals surface area contributed by atoms with Gasteiger partial charge in [-0.3, -0.25) is 0 Å². The smallest absolute Gasteiger partial charge is 0.160 e. The van der Waals surface area contributed by atoms with E-state index in [0.717, 1.165) is 12.0 Å². The lowest BCUT2D eigenvalue weighted by atomic mass is 9.80. The molecule has 1 fully saturated rings. The molecular weight excluding hydrogens is 228 g/mol. The van der Waals surface area contributed by atoms with E-state index in [1.165, 1.54) is 0 Å². The van der Waals surface area contributed by atoms with Gasteiger partial charge in [0.1, 0.15) is 0 Å².